The zero-order valence-electron chi connectivity index (χ0n) is 26.0. The van der Waals surface area contributed by atoms with Gasteiger partial charge in [-0.25, -0.2) is 19.6 Å². The number of alkyl carbamates (subject to hydrolysis) is 1. The Bertz CT molecular complexity index is 1390. The second-order valence-electron chi connectivity index (χ2n) is 13.5. The van der Waals surface area contributed by atoms with Crippen molar-refractivity contribution in [1.29, 1.82) is 0 Å². The maximum Gasteiger partial charge on any atom is 0.408 e. The van der Waals surface area contributed by atoms with Gasteiger partial charge in [0.1, 0.15) is 35.2 Å². The summed E-state index contributed by atoms with van der Waals surface area (Å²) in [6.07, 6.45) is 4.35. The molecule has 6 unspecified atom stereocenters. The number of aromatic nitrogens is 2. The number of aryl methyl sites for hydroxylation is 1. The van der Waals surface area contributed by atoms with Gasteiger partial charge in [-0.05, 0) is 56.6 Å². The number of methoxy groups -OCH3 is 1. The van der Waals surface area contributed by atoms with E-state index in [0.29, 0.717) is 35.7 Å². The van der Waals surface area contributed by atoms with Crippen LogP contribution in [0.1, 0.15) is 78.8 Å². The fourth-order valence-electron chi connectivity index (χ4n) is 6.61. The third kappa shape index (κ3) is 6.35. The Hall–Kier alpha value is -3.63. The third-order valence-electron chi connectivity index (χ3n) is 9.30. The Morgan fingerprint density at radius 3 is 2.63 bits per heavy atom. The standard InChI is InChI=1S/C32H44N4O7/c1-7-20-24-17-36(25(20)29(38)39)28(37)26(31(2,3)4)35-30(40)43-32(5)16-18(32)11-9-8-10-12-22-27(42-24)34-23-15-19(41-6)13-14-21(23)33-22/h13-15,18,20,24-26H,7-12,16-17H2,1-6H3,(H,35,40)(H,38,39). The molecule has 6 atom stereocenters. The summed E-state index contributed by atoms with van der Waals surface area (Å²) >= 11 is 0. The molecule has 11 heteroatoms. The topological polar surface area (TPSA) is 140 Å². The van der Waals surface area contributed by atoms with Crippen LogP contribution in [0.2, 0.25) is 0 Å². The van der Waals surface area contributed by atoms with Crippen molar-refractivity contribution in [1.82, 2.24) is 20.2 Å². The summed E-state index contributed by atoms with van der Waals surface area (Å²) in [5, 5.41) is 13.1. The largest absolute Gasteiger partial charge is 0.497 e. The van der Waals surface area contributed by atoms with Crippen LogP contribution in [0.4, 0.5) is 4.79 Å². The number of benzene rings is 1. The highest BCUT2D eigenvalue weighted by Gasteiger charge is 2.55. The zero-order valence-corrected chi connectivity index (χ0v) is 26.0. The molecule has 3 aliphatic rings. The molecule has 2 N–H and O–H groups in total. The molecule has 1 aromatic carbocycles. The molecule has 43 heavy (non-hydrogen) atoms. The quantitative estimate of drug-likeness (QED) is 0.514. The van der Waals surface area contributed by atoms with Crippen molar-refractivity contribution in [3.8, 4) is 11.6 Å². The van der Waals surface area contributed by atoms with Crippen molar-refractivity contribution in [3.05, 3.63) is 23.9 Å². The van der Waals surface area contributed by atoms with Crippen molar-refractivity contribution >= 4 is 29.0 Å². The average molecular weight is 597 g/mol. The lowest BCUT2D eigenvalue weighted by atomic mass is 9.85. The first-order chi connectivity index (χ1) is 20.3. The van der Waals surface area contributed by atoms with Crippen LogP contribution in [0.5, 0.6) is 11.6 Å². The van der Waals surface area contributed by atoms with Crippen molar-refractivity contribution in [2.75, 3.05) is 13.7 Å². The van der Waals surface area contributed by atoms with Gasteiger partial charge in [0.05, 0.1) is 24.7 Å². The number of fused-ring (bicyclic) bond motifs is 5. The van der Waals surface area contributed by atoms with Crippen molar-refractivity contribution < 1.29 is 33.7 Å². The van der Waals surface area contributed by atoms with Crippen LogP contribution in [-0.2, 0) is 20.7 Å². The number of nitrogens with one attached hydrogen (secondary N) is 1. The Morgan fingerprint density at radius 2 is 1.95 bits per heavy atom. The summed E-state index contributed by atoms with van der Waals surface area (Å²) in [5.41, 5.74) is 0.768. The van der Waals surface area contributed by atoms with Gasteiger partial charge in [-0.15, -0.1) is 0 Å². The Labute approximate surface area is 252 Å². The van der Waals surface area contributed by atoms with Crippen LogP contribution in [0.15, 0.2) is 18.2 Å². The lowest BCUT2D eigenvalue weighted by Gasteiger charge is -2.35. The number of aliphatic carboxylic acids is 1. The molecule has 11 nitrogen and oxygen atoms in total. The van der Waals surface area contributed by atoms with Gasteiger partial charge in [-0.1, -0.05) is 40.5 Å². The second kappa shape index (κ2) is 11.8. The monoisotopic (exact) mass is 596 g/mol. The van der Waals surface area contributed by atoms with Gasteiger partial charge in [-0.3, -0.25) is 4.79 Å². The van der Waals surface area contributed by atoms with E-state index in [1.54, 1.807) is 13.2 Å². The number of carbonyl (C=O) groups excluding carboxylic acids is 2. The SMILES string of the molecule is CCC1C2CN(C(=O)C(C(C)(C)C)NC(=O)OC3(C)CC3CCCCCc3nc4ccc(OC)cc4nc3O2)C1C(=O)O. The number of nitrogens with zero attached hydrogens (tertiary/aromatic N) is 3. The van der Waals surface area contributed by atoms with E-state index >= 15 is 0 Å². The molecule has 1 aromatic heterocycles. The first-order valence-corrected chi connectivity index (χ1v) is 15.4. The summed E-state index contributed by atoms with van der Waals surface area (Å²) in [7, 11) is 1.59. The summed E-state index contributed by atoms with van der Waals surface area (Å²) in [4.78, 5) is 51.0. The average Bonchev–Trinajstić information content (AvgIpc) is 3.41. The molecule has 2 aromatic rings. The summed E-state index contributed by atoms with van der Waals surface area (Å²) in [6.45, 7) is 9.38. The Morgan fingerprint density at radius 1 is 1.19 bits per heavy atom. The predicted octanol–water partition coefficient (Wildman–Crippen LogP) is 4.74. The molecule has 2 bridgehead atoms. The molecule has 2 amide bonds. The maximum atomic E-state index is 14.1. The smallest absolute Gasteiger partial charge is 0.408 e. The molecule has 1 saturated heterocycles. The third-order valence-corrected chi connectivity index (χ3v) is 9.30. The van der Waals surface area contributed by atoms with E-state index in [9.17, 15) is 19.5 Å². The van der Waals surface area contributed by atoms with Crippen LogP contribution in [0, 0.1) is 17.3 Å². The number of carboxylic acid groups (broad SMARTS) is 1. The van der Waals surface area contributed by atoms with Crippen LogP contribution in [0.3, 0.4) is 0 Å². The molecule has 2 aliphatic heterocycles. The van der Waals surface area contributed by atoms with E-state index < -0.39 is 53.1 Å². The van der Waals surface area contributed by atoms with Gasteiger partial charge in [0.25, 0.3) is 0 Å². The van der Waals surface area contributed by atoms with E-state index in [-0.39, 0.29) is 12.5 Å². The molecule has 1 saturated carbocycles. The molecule has 234 valence electrons. The van der Waals surface area contributed by atoms with Gasteiger partial charge >= 0.3 is 12.1 Å². The van der Waals surface area contributed by atoms with Crippen LogP contribution < -0.4 is 14.8 Å². The normalized spacial score (nSPS) is 30.2. The van der Waals surface area contributed by atoms with Crippen LogP contribution in [-0.4, -0.2) is 75.4 Å². The Balaban J connectivity index is 1.54. The van der Waals surface area contributed by atoms with Crippen molar-refractivity contribution in [3.63, 3.8) is 0 Å². The van der Waals surface area contributed by atoms with Crippen molar-refractivity contribution in [2.24, 2.45) is 17.3 Å². The highest BCUT2D eigenvalue weighted by molar-refractivity contribution is 5.91. The molecule has 1 aliphatic carbocycles. The number of ether oxygens (including phenoxy) is 3. The number of hydrogen-bond acceptors (Lipinski definition) is 8. The van der Waals surface area contributed by atoms with E-state index in [1.165, 1.54) is 4.90 Å². The second-order valence-corrected chi connectivity index (χ2v) is 13.5. The summed E-state index contributed by atoms with van der Waals surface area (Å²) < 4.78 is 17.8. The van der Waals surface area contributed by atoms with Crippen LogP contribution >= 0.6 is 0 Å². The lowest BCUT2D eigenvalue weighted by Crippen LogP contribution is -2.57. The minimum absolute atomic E-state index is 0.0364. The van der Waals surface area contributed by atoms with Gasteiger partial charge in [0, 0.05) is 17.9 Å². The molecule has 2 fully saturated rings. The minimum Gasteiger partial charge on any atom is -0.497 e. The lowest BCUT2D eigenvalue weighted by molar-refractivity contribution is -0.151. The highest BCUT2D eigenvalue weighted by Crippen LogP contribution is 2.49. The van der Waals surface area contributed by atoms with Gasteiger partial charge in [0.15, 0.2) is 0 Å². The number of amides is 2. The fraction of sp³-hybridized carbons (Fsp3) is 0.656. The summed E-state index contributed by atoms with van der Waals surface area (Å²) in [5.74, 6) is -0.838. The zero-order chi connectivity index (χ0) is 31.1. The van der Waals surface area contributed by atoms with Gasteiger partial charge in [0.2, 0.25) is 11.8 Å². The van der Waals surface area contributed by atoms with Crippen LogP contribution in [0.25, 0.3) is 11.0 Å². The molecular weight excluding hydrogens is 552 g/mol. The molecular formula is C32H44N4O7. The van der Waals surface area contributed by atoms with E-state index in [0.717, 1.165) is 37.6 Å². The number of carbonyl (C=O) groups is 3. The number of hydrogen-bond donors (Lipinski definition) is 2. The highest BCUT2D eigenvalue weighted by atomic mass is 16.6. The number of carboxylic acids is 1. The molecule has 0 spiro atoms. The Kier molecular flexibility index (Phi) is 8.46. The predicted molar refractivity (Wildman–Crippen MR) is 159 cm³/mol. The minimum atomic E-state index is -1.13. The van der Waals surface area contributed by atoms with E-state index in [4.69, 9.17) is 24.2 Å². The first kappa shape index (κ1) is 30.8. The first-order valence-electron chi connectivity index (χ1n) is 15.4. The van der Waals surface area contributed by atoms with E-state index in [2.05, 4.69) is 5.32 Å². The summed E-state index contributed by atoms with van der Waals surface area (Å²) in [6, 6.07) is 3.38. The van der Waals surface area contributed by atoms with Gasteiger partial charge in [-0.2, -0.15) is 0 Å². The molecule has 3 heterocycles. The van der Waals surface area contributed by atoms with E-state index in [1.807, 2.05) is 46.8 Å². The van der Waals surface area contributed by atoms with Crippen molar-refractivity contribution in [2.45, 2.75) is 103 Å². The fourth-order valence-corrected chi connectivity index (χ4v) is 6.61. The molecule has 5 rings (SSSR count). The van der Waals surface area contributed by atoms with Gasteiger partial charge < -0.3 is 29.5 Å². The number of rotatable bonds is 3. The molecule has 0 radical (unpaired) electrons. The maximum absolute atomic E-state index is 14.1.